The number of rotatable bonds is 5. The fraction of sp³-hybridized carbons (Fsp3) is 0.227. The van der Waals surface area contributed by atoms with Crippen molar-refractivity contribution in [2.24, 2.45) is 0 Å². The average molecular weight is 362 g/mol. The summed E-state index contributed by atoms with van der Waals surface area (Å²) in [4.78, 5) is 29.6. The van der Waals surface area contributed by atoms with Gasteiger partial charge in [0.1, 0.15) is 5.65 Å². The molecule has 5 nitrogen and oxygen atoms in total. The minimum atomic E-state index is -0.471. The molecule has 3 rings (SSSR count). The van der Waals surface area contributed by atoms with Gasteiger partial charge in [-0.15, -0.1) is 0 Å². The zero-order valence-corrected chi connectivity index (χ0v) is 15.7. The van der Waals surface area contributed by atoms with Gasteiger partial charge in [0.2, 0.25) is 0 Å². The molecule has 27 heavy (non-hydrogen) atoms. The summed E-state index contributed by atoms with van der Waals surface area (Å²) in [6.07, 6.45) is 2.86. The molecule has 0 aliphatic rings. The van der Waals surface area contributed by atoms with Crippen LogP contribution >= 0.6 is 0 Å². The summed E-state index contributed by atoms with van der Waals surface area (Å²) in [5.74, 6) is -0.471. The number of carbonyl (C=O) groups is 1. The van der Waals surface area contributed by atoms with Crippen LogP contribution in [0.3, 0.4) is 0 Å². The highest BCUT2D eigenvalue weighted by atomic mass is 16.5. The smallest absolute Gasteiger partial charge is 0.330 e. The van der Waals surface area contributed by atoms with Crippen molar-refractivity contribution in [2.45, 2.75) is 27.3 Å². The van der Waals surface area contributed by atoms with Crippen molar-refractivity contribution < 1.29 is 9.53 Å². The summed E-state index contributed by atoms with van der Waals surface area (Å²) < 4.78 is 6.98. The average Bonchev–Trinajstić information content (AvgIpc) is 2.67. The van der Waals surface area contributed by atoms with Gasteiger partial charge in [-0.05, 0) is 44.5 Å². The monoisotopic (exact) mass is 362 g/mol. The first kappa shape index (κ1) is 18.6. The van der Waals surface area contributed by atoms with E-state index in [2.05, 4.69) is 4.98 Å². The van der Waals surface area contributed by atoms with E-state index in [1.54, 1.807) is 19.1 Å². The second-order valence-corrected chi connectivity index (χ2v) is 6.11. The lowest BCUT2D eigenvalue weighted by molar-refractivity contribution is -0.137. The number of carbonyl (C=O) groups excluding carboxylic acids is 1. The van der Waals surface area contributed by atoms with Crippen molar-refractivity contribution in [3.8, 4) is 11.3 Å². The summed E-state index contributed by atoms with van der Waals surface area (Å²) in [6.45, 7) is 6.58. The summed E-state index contributed by atoms with van der Waals surface area (Å²) >= 11 is 0. The molecule has 2 heterocycles. The summed E-state index contributed by atoms with van der Waals surface area (Å²) in [5.41, 5.74) is 3.43. The van der Waals surface area contributed by atoms with Gasteiger partial charge in [-0.2, -0.15) is 0 Å². The van der Waals surface area contributed by atoms with Gasteiger partial charge in [0.05, 0.1) is 17.7 Å². The lowest BCUT2D eigenvalue weighted by Crippen LogP contribution is -2.17. The summed E-state index contributed by atoms with van der Waals surface area (Å²) in [5, 5.41) is 0.533. The number of hydrogen-bond donors (Lipinski definition) is 0. The highest BCUT2D eigenvalue weighted by molar-refractivity contribution is 5.91. The first-order valence-corrected chi connectivity index (χ1v) is 9.01. The zero-order chi connectivity index (χ0) is 19.4. The second-order valence-electron chi connectivity index (χ2n) is 6.11. The van der Waals surface area contributed by atoms with Crippen LogP contribution in [0.5, 0.6) is 0 Å². The van der Waals surface area contributed by atoms with E-state index >= 15 is 0 Å². The molecule has 3 aromatic rings. The molecule has 0 saturated carbocycles. The van der Waals surface area contributed by atoms with E-state index in [0.717, 1.165) is 17.0 Å². The number of benzene rings is 1. The Morgan fingerprint density at radius 2 is 1.89 bits per heavy atom. The molecule has 0 N–H and O–H groups in total. The standard InChI is InChI=1S/C22H22N2O3/c1-4-24-20(16-9-7-6-8-10-16)17(13-14-19(25)27-5-2)21(26)18-12-11-15(3)23-22(18)24/h6-14H,4-5H2,1-3H3/b14-13+. The van der Waals surface area contributed by atoms with Crippen molar-refractivity contribution in [3.63, 3.8) is 0 Å². The molecule has 0 fully saturated rings. The van der Waals surface area contributed by atoms with Crippen LogP contribution in [-0.4, -0.2) is 22.1 Å². The lowest BCUT2D eigenvalue weighted by Gasteiger charge is -2.18. The minimum Gasteiger partial charge on any atom is -0.463 e. The van der Waals surface area contributed by atoms with Crippen LogP contribution in [0, 0.1) is 6.92 Å². The fourth-order valence-electron chi connectivity index (χ4n) is 3.14. The number of ether oxygens (including phenoxy) is 1. The van der Waals surface area contributed by atoms with E-state index in [4.69, 9.17) is 4.74 Å². The van der Waals surface area contributed by atoms with Crippen LogP contribution in [0.2, 0.25) is 0 Å². The number of aromatic nitrogens is 2. The van der Waals surface area contributed by atoms with Gasteiger partial charge in [-0.25, -0.2) is 9.78 Å². The van der Waals surface area contributed by atoms with Crippen molar-refractivity contribution >= 4 is 23.1 Å². The molecule has 0 spiro atoms. The molecule has 1 aromatic carbocycles. The lowest BCUT2D eigenvalue weighted by atomic mass is 10.0. The summed E-state index contributed by atoms with van der Waals surface area (Å²) in [7, 11) is 0. The molecular formula is C22H22N2O3. The molecule has 0 unspecified atom stereocenters. The Labute approximate surface area is 157 Å². The Morgan fingerprint density at radius 3 is 2.56 bits per heavy atom. The molecule has 0 aliphatic carbocycles. The van der Waals surface area contributed by atoms with Crippen molar-refractivity contribution in [2.75, 3.05) is 6.61 Å². The maximum absolute atomic E-state index is 13.2. The van der Waals surface area contributed by atoms with E-state index < -0.39 is 5.97 Å². The number of esters is 1. The van der Waals surface area contributed by atoms with E-state index in [0.29, 0.717) is 23.1 Å². The van der Waals surface area contributed by atoms with Crippen LogP contribution in [0.1, 0.15) is 25.1 Å². The molecule has 0 atom stereocenters. The third-order valence-corrected chi connectivity index (χ3v) is 4.32. The predicted octanol–water partition coefficient (Wildman–Crippen LogP) is 3.97. The Morgan fingerprint density at radius 1 is 1.15 bits per heavy atom. The van der Waals surface area contributed by atoms with E-state index in [-0.39, 0.29) is 12.0 Å². The highest BCUT2D eigenvalue weighted by Gasteiger charge is 2.17. The van der Waals surface area contributed by atoms with Crippen LogP contribution < -0.4 is 5.43 Å². The molecule has 5 heteroatoms. The molecule has 2 aromatic heterocycles. The molecule has 0 radical (unpaired) electrons. The van der Waals surface area contributed by atoms with Gasteiger partial charge in [0.25, 0.3) is 0 Å². The largest absolute Gasteiger partial charge is 0.463 e. The molecule has 138 valence electrons. The third-order valence-electron chi connectivity index (χ3n) is 4.32. The topological polar surface area (TPSA) is 61.2 Å². The molecule has 0 bridgehead atoms. The van der Waals surface area contributed by atoms with E-state index in [1.165, 1.54) is 6.08 Å². The van der Waals surface area contributed by atoms with Gasteiger partial charge >= 0.3 is 5.97 Å². The number of nitrogens with zero attached hydrogens (tertiary/aromatic N) is 2. The first-order chi connectivity index (χ1) is 13.1. The third kappa shape index (κ3) is 3.67. The minimum absolute atomic E-state index is 0.151. The molecule has 0 amide bonds. The van der Waals surface area contributed by atoms with Gasteiger partial charge < -0.3 is 9.30 Å². The maximum atomic E-state index is 13.2. The van der Waals surface area contributed by atoms with Crippen molar-refractivity contribution in [1.29, 1.82) is 0 Å². The maximum Gasteiger partial charge on any atom is 0.330 e. The predicted molar refractivity (Wildman–Crippen MR) is 108 cm³/mol. The first-order valence-electron chi connectivity index (χ1n) is 9.01. The molecule has 0 saturated heterocycles. The Balaban J connectivity index is 2.38. The SMILES string of the molecule is CCOC(=O)/C=C/c1c(-c2ccccc2)n(CC)c2nc(C)ccc2c1=O. The molecular weight excluding hydrogens is 340 g/mol. The normalized spacial score (nSPS) is 11.2. The van der Waals surface area contributed by atoms with Crippen LogP contribution in [0.25, 0.3) is 28.4 Å². The van der Waals surface area contributed by atoms with Gasteiger partial charge in [0, 0.05) is 23.9 Å². The highest BCUT2D eigenvalue weighted by Crippen LogP contribution is 2.26. The number of hydrogen-bond acceptors (Lipinski definition) is 4. The quantitative estimate of drug-likeness (QED) is 0.509. The van der Waals surface area contributed by atoms with Gasteiger partial charge in [0.15, 0.2) is 5.43 Å². The van der Waals surface area contributed by atoms with Crippen molar-refractivity contribution in [1.82, 2.24) is 9.55 Å². The number of fused-ring (bicyclic) bond motifs is 1. The fourth-order valence-corrected chi connectivity index (χ4v) is 3.14. The Hall–Kier alpha value is -3.21. The van der Waals surface area contributed by atoms with Crippen molar-refractivity contribution in [3.05, 3.63) is 70.0 Å². The number of pyridine rings is 2. The Kier molecular flexibility index (Phi) is 5.50. The second kappa shape index (κ2) is 7.99. The van der Waals surface area contributed by atoms with E-state index in [9.17, 15) is 9.59 Å². The van der Waals surface area contributed by atoms with E-state index in [1.807, 2.05) is 54.8 Å². The molecule has 0 aliphatic heterocycles. The van der Waals surface area contributed by atoms with Crippen LogP contribution in [0.4, 0.5) is 0 Å². The van der Waals surface area contributed by atoms with Gasteiger partial charge in [-0.3, -0.25) is 4.79 Å². The zero-order valence-electron chi connectivity index (χ0n) is 15.7. The van der Waals surface area contributed by atoms with Crippen LogP contribution in [-0.2, 0) is 16.1 Å². The van der Waals surface area contributed by atoms with Crippen LogP contribution in [0.15, 0.2) is 53.3 Å². The number of aryl methyl sites for hydroxylation is 2. The Bertz CT molecular complexity index is 1070. The summed E-state index contributed by atoms with van der Waals surface area (Å²) in [6, 6.07) is 13.3. The van der Waals surface area contributed by atoms with Gasteiger partial charge in [-0.1, -0.05) is 30.3 Å².